The molecular weight excluding hydrogens is 487 g/mol. The lowest BCUT2D eigenvalue weighted by molar-refractivity contribution is -0.144. The van der Waals surface area contributed by atoms with Crippen molar-refractivity contribution in [2.75, 3.05) is 12.8 Å². The minimum Gasteiger partial charge on any atom is -0.339 e. The van der Waals surface area contributed by atoms with E-state index in [0.717, 1.165) is 18.9 Å². The van der Waals surface area contributed by atoms with E-state index in [0.29, 0.717) is 4.57 Å². The largest absolute Gasteiger partial charge is 0.431 e. The van der Waals surface area contributed by atoms with E-state index in [9.17, 15) is 31.2 Å². The molecule has 3 aromatic heterocycles. The number of rotatable bonds is 6. The second kappa shape index (κ2) is 8.47. The summed E-state index contributed by atoms with van der Waals surface area (Å²) in [5.74, 6) is -0.784. The molecule has 4 rings (SSSR count). The smallest absolute Gasteiger partial charge is 0.339 e. The van der Waals surface area contributed by atoms with Crippen LogP contribution in [0.5, 0.6) is 0 Å². The second-order valence-electron chi connectivity index (χ2n) is 8.43. The van der Waals surface area contributed by atoms with E-state index in [2.05, 4.69) is 9.97 Å². The maximum Gasteiger partial charge on any atom is 0.431 e. The van der Waals surface area contributed by atoms with Gasteiger partial charge >= 0.3 is 6.18 Å². The summed E-state index contributed by atoms with van der Waals surface area (Å²) in [7, 11) is -0.886. The number of carbonyl (C=O) groups excluding carboxylic acids is 1. The van der Waals surface area contributed by atoms with E-state index < -0.39 is 27.3 Å². The van der Waals surface area contributed by atoms with Gasteiger partial charge in [0.2, 0.25) is 0 Å². The Balaban J connectivity index is 1.97. The number of aromatic nitrogens is 4. The first kappa shape index (κ1) is 24.9. The van der Waals surface area contributed by atoms with E-state index in [4.69, 9.17) is 0 Å². The topological polar surface area (TPSA) is 107 Å². The lowest BCUT2D eigenvalue weighted by atomic mass is 10.2. The van der Waals surface area contributed by atoms with Crippen molar-refractivity contribution in [2.45, 2.75) is 50.3 Å². The van der Waals surface area contributed by atoms with Gasteiger partial charge in [-0.2, -0.15) is 13.2 Å². The maximum atomic E-state index is 13.6. The molecule has 0 unspecified atom stereocenters. The standard InChI is InChI=1S/C22H24F3N5O4S/c1-5-30-16(22(23,24)25)10-14-18(21(30)32)29(4)19(27-14)17-15(35(33,34)6-2)9-12(11-26-17)20(31)28(3)13-7-8-13/h9-11,13H,5-8H2,1-4H3. The highest BCUT2D eigenvalue weighted by atomic mass is 32.2. The van der Waals surface area contributed by atoms with Crippen molar-refractivity contribution in [1.29, 1.82) is 0 Å². The van der Waals surface area contributed by atoms with Gasteiger partial charge in [-0.15, -0.1) is 0 Å². The molecule has 3 aromatic rings. The number of amides is 1. The lowest BCUT2D eigenvalue weighted by Gasteiger charge is -2.17. The molecule has 1 amide bonds. The zero-order chi connectivity index (χ0) is 25.9. The second-order valence-corrected chi connectivity index (χ2v) is 10.7. The number of imidazole rings is 1. The summed E-state index contributed by atoms with van der Waals surface area (Å²) in [5, 5.41) is 0. The third-order valence-electron chi connectivity index (χ3n) is 6.18. The minimum atomic E-state index is -4.79. The molecule has 3 heterocycles. The number of sulfone groups is 1. The third kappa shape index (κ3) is 4.21. The van der Waals surface area contributed by atoms with Crippen LogP contribution in [-0.2, 0) is 29.6 Å². The van der Waals surface area contributed by atoms with E-state index in [1.165, 1.54) is 42.6 Å². The third-order valence-corrected chi connectivity index (χ3v) is 7.92. The summed E-state index contributed by atoms with van der Waals surface area (Å²) in [6.07, 6.45) is -1.84. The molecule has 188 valence electrons. The number of hydrogen-bond donors (Lipinski definition) is 0. The molecular formula is C22H24F3N5O4S. The molecule has 1 saturated carbocycles. The van der Waals surface area contributed by atoms with E-state index in [1.54, 1.807) is 7.05 Å². The number of alkyl halides is 3. The number of halogens is 3. The van der Waals surface area contributed by atoms with Gasteiger partial charge in [-0.05, 0) is 31.9 Å². The van der Waals surface area contributed by atoms with E-state index >= 15 is 0 Å². The predicted molar refractivity (Wildman–Crippen MR) is 122 cm³/mol. The van der Waals surface area contributed by atoms with Crippen molar-refractivity contribution >= 4 is 26.8 Å². The summed E-state index contributed by atoms with van der Waals surface area (Å²) in [5.41, 5.74) is -2.49. The van der Waals surface area contributed by atoms with Gasteiger partial charge in [0, 0.05) is 32.9 Å². The first-order chi connectivity index (χ1) is 16.3. The first-order valence-electron chi connectivity index (χ1n) is 11.0. The van der Waals surface area contributed by atoms with Crippen LogP contribution in [0, 0.1) is 0 Å². The molecule has 0 atom stereocenters. The van der Waals surface area contributed by atoms with Crippen LogP contribution in [-0.4, -0.2) is 57.2 Å². The van der Waals surface area contributed by atoms with Gasteiger partial charge in [0.05, 0.1) is 21.7 Å². The van der Waals surface area contributed by atoms with Gasteiger partial charge in [-0.1, -0.05) is 6.92 Å². The van der Waals surface area contributed by atoms with Crippen LogP contribution in [0.15, 0.2) is 28.0 Å². The summed E-state index contributed by atoms with van der Waals surface area (Å²) < 4.78 is 68.4. The SMILES string of the molecule is CCn1c(C(F)(F)F)cc2nc(-c3ncc(C(=O)N(C)C4CC4)cc3S(=O)(=O)CC)n(C)c2c1=O. The number of pyridine rings is 2. The fourth-order valence-electron chi connectivity index (χ4n) is 4.03. The molecule has 0 N–H and O–H groups in total. The van der Waals surface area contributed by atoms with Gasteiger partial charge in [-0.3, -0.25) is 14.6 Å². The predicted octanol–water partition coefficient (Wildman–Crippen LogP) is 2.86. The van der Waals surface area contributed by atoms with Crippen molar-refractivity contribution in [3.05, 3.63) is 39.9 Å². The zero-order valence-electron chi connectivity index (χ0n) is 19.5. The zero-order valence-corrected chi connectivity index (χ0v) is 20.4. The Bertz CT molecular complexity index is 1500. The summed E-state index contributed by atoms with van der Waals surface area (Å²) in [4.78, 5) is 35.4. The molecule has 9 nitrogen and oxygen atoms in total. The van der Waals surface area contributed by atoms with Gasteiger partial charge in [0.25, 0.3) is 11.5 Å². The molecule has 0 radical (unpaired) electrons. The van der Waals surface area contributed by atoms with Crippen molar-refractivity contribution < 1.29 is 26.4 Å². The molecule has 1 aliphatic carbocycles. The van der Waals surface area contributed by atoms with Gasteiger partial charge in [0.1, 0.15) is 16.9 Å². The summed E-state index contributed by atoms with van der Waals surface area (Å²) in [6, 6.07) is 2.07. The Morgan fingerprint density at radius 3 is 2.43 bits per heavy atom. The van der Waals surface area contributed by atoms with Crippen LogP contribution in [0.3, 0.4) is 0 Å². The number of hydrogen-bond acceptors (Lipinski definition) is 6. The van der Waals surface area contributed by atoms with Gasteiger partial charge in [0.15, 0.2) is 15.7 Å². The van der Waals surface area contributed by atoms with Crippen molar-refractivity contribution in [3.63, 3.8) is 0 Å². The Kier molecular flexibility index (Phi) is 6.02. The Morgan fingerprint density at radius 2 is 1.89 bits per heavy atom. The molecule has 0 saturated heterocycles. The Hall–Kier alpha value is -3.22. The van der Waals surface area contributed by atoms with Crippen molar-refractivity contribution in [3.8, 4) is 11.5 Å². The number of aryl methyl sites for hydroxylation is 1. The van der Waals surface area contributed by atoms with Crippen LogP contribution < -0.4 is 5.56 Å². The normalized spacial score (nSPS) is 14.5. The van der Waals surface area contributed by atoms with Crippen molar-refractivity contribution in [2.24, 2.45) is 7.05 Å². The van der Waals surface area contributed by atoms with Gasteiger partial charge in [-0.25, -0.2) is 13.4 Å². The average Bonchev–Trinajstić information content (AvgIpc) is 3.60. The Labute approximate surface area is 199 Å². The average molecular weight is 512 g/mol. The monoisotopic (exact) mass is 511 g/mol. The van der Waals surface area contributed by atoms with Crippen LogP contribution in [0.25, 0.3) is 22.6 Å². The highest BCUT2D eigenvalue weighted by molar-refractivity contribution is 7.91. The summed E-state index contributed by atoms with van der Waals surface area (Å²) in [6.45, 7) is 2.62. The molecule has 1 fully saturated rings. The quantitative estimate of drug-likeness (QED) is 0.504. The number of carbonyl (C=O) groups is 1. The van der Waals surface area contributed by atoms with Gasteiger partial charge < -0.3 is 14.0 Å². The summed E-state index contributed by atoms with van der Waals surface area (Å²) >= 11 is 0. The molecule has 13 heteroatoms. The molecule has 0 aromatic carbocycles. The molecule has 0 aliphatic heterocycles. The highest BCUT2D eigenvalue weighted by Gasteiger charge is 2.36. The van der Waals surface area contributed by atoms with Crippen LogP contribution in [0.1, 0.15) is 42.7 Å². The molecule has 35 heavy (non-hydrogen) atoms. The molecule has 0 spiro atoms. The first-order valence-corrected chi connectivity index (χ1v) is 12.6. The van der Waals surface area contributed by atoms with E-state index in [-0.39, 0.29) is 57.3 Å². The fourth-order valence-corrected chi connectivity index (χ4v) is 5.09. The highest BCUT2D eigenvalue weighted by Crippen LogP contribution is 2.33. The molecule has 1 aliphatic rings. The van der Waals surface area contributed by atoms with Crippen molar-refractivity contribution in [1.82, 2.24) is 24.0 Å². The van der Waals surface area contributed by atoms with Crippen LogP contribution >= 0.6 is 0 Å². The van der Waals surface area contributed by atoms with Crippen LogP contribution in [0.2, 0.25) is 0 Å². The molecule has 0 bridgehead atoms. The fraction of sp³-hybridized carbons (Fsp3) is 0.455. The van der Waals surface area contributed by atoms with E-state index in [1.807, 2.05) is 0 Å². The van der Waals surface area contributed by atoms with Crippen LogP contribution in [0.4, 0.5) is 13.2 Å². The lowest BCUT2D eigenvalue weighted by Crippen LogP contribution is -2.29. The Morgan fingerprint density at radius 1 is 1.23 bits per heavy atom. The number of fused-ring (bicyclic) bond motifs is 1. The number of nitrogens with zero attached hydrogens (tertiary/aromatic N) is 5. The maximum absolute atomic E-state index is 13.6. The minimum absolute atomic E-state index is 0.0710.